The van der Waals surface area contributed by atoms with Crippen molar-refractivity contribution in [3.05, 3.63) is 27.3 Å². The molecular formula is C6H2BrN3O. The van der Waals surface area contributed by atoms with Gasteiger partial charge in [-0.25, -0.2) is 4.98 Å². The van der Waals surface area contributed by atoms with Crippen molar-refractivity contribution in [3.63, 3.8) is 0 Å². The van der Waals surface area contributed by atoms with Gasteiger partial charge in [-0.2, -0.15) is 5.26 Å². The SMILES string of the molecule is N#Cc1ncc(Br)cc1N=O. The van der Waals surface area contributed by atoms with E-state index < -0.39 is 0 Å². The predicted octanol–water partition coefficient (Wildman–Crippen LogP) is 2.11. The number of hydrogen-bond acceptors (Lipinski definition) is 4. The number of halogens is 1. The maximum atomic E-state index is 10.1. The Hall–Kier alpha value is -1.28. The fraction of sp³-hybridized carbons (Fsp3) is 0. The quantitative estimate of drug-likeness (QED) is 0.669. The molecule has 0 aromatic carbocycles. The van der Waals surface area contributed by atoms with Crippen molar-refractivity contribution in [2.45, 2.75) is 0 Å². The molecule has 5 heteroatoms. The zero-order valence-corrected chi connectivity index (χ0v) is 6.87. The zero-order valence-electron chi connectivity index (χ0n) is 5.28. The Morgan fingerprint density at radius 3 is 3.00 bits per heavy atom. The minimum Gasteiger partial charge on any atom is -0.242 e. The van der Waals surface area contributed by atoms with Crippen LogP contribution in [0.2, 0.25) is 0 Å². The van der Waals surface area contributed by atoms with Gasteiger partial charge in [0, 0.05) is 10.7 Å². The molecule has 0 aliphatic heterocycles. The van der Waals surface area contributed by atoms with Crippen molar-refractivity contribution < 1.29 is 0 Å². The lowest BCUT2D eigenvalue weighted by molar-refractivity contribution is 1.23. The maximum Gasteiger partial charge on any atom is 0.169 e. The average molecular weight is 212 g/mol. The molecule has 0 spiro atoms. The van der Waals surface area contributed by atoms with E-state index in [0.29, 0.717) is 4.47 Å². The van der Waals surface area contributed by atoms with Gasteiger partial charge in [0.05, 0.1) is 0 Å². The number of nitrogens with zero attached hydrogens (tertiary/aromatic N) is 3. The van der Waals surface area contributed by atoms with Crippen LogP contribution in [0, 0.1) is 16.2 Å². The molecule has 4 nitrogen and oxygen atoms in total. The Kier molecular flexibility index (Phi) is 2.28. The molecule has 0 saturated carbocycles. The first-order valence-electron chi connectivity index (χ1n) is 2.67. The molecule has 1 heterocycles. The average Bonchev–Trinajstić information content (AvgIpc) is 2.04. The summed E-state index contributed by atoms with van der Waals surface area (Å²) in [6.45, 7) is 0. The van der Waals surface area contributed by atoms with Crippen LogP contribution in [0.25, 0.3) is 0 Å². The summed E-state index contributed by atoms with van der Waals surface area (Å²) in [5, 5.41) is 11.1. The van der Waals surface area contributed by atoms with Crippen molar-refractivity contribution in [2.24, 2.45) is 5.18 Å². The number of nitriles is 1. The topological polar surface area (TPSA) is 66.1 Å². The Bertz CT molecular complexity index is 331. The monoisotopic (exact) mass is 211 g/mol. The van der Waals surface area contributed by atoms with E-state index in [-0.39, 0.29) is 11.4 Å². The van der Waals surface area contributed by atoms with E-state index in [4.69, 9.17) is 5.26 Å². The van der Waals surface area contributed by atoms with Crippen LogP contribution in [0.5, 0.6) is 0 Å². The lowest BCUT2D eigenvalue weighted by atomic mass is 10.3. The smallest absolute Gasteiger partial charge is 0.169 e. The first kappa shape index (κ1) is 7.82. The van der Waals surface area contributed by atoms with Crippen LogP contribution in [-0.2, 0) is 0 Å². The molecule has 0 amide bonds. The molecular weight excluding hydrogens is 210 g/mol. The molecule has 0 N–H and O–H groups in total. The van der Waals surface area contributed by atoms with E-state index in [1.807, 2.05) is 0 Å². The van der Waals surface area contributed by atoms with Crippen molar-refractivity contribution in [3.8, 4) is 6.07 Å². The summed E-state index contributed by atoms with van der Waals surface area (Å²) < 4.78 is 0.631. The van der Waals surface area contributed by atoms with Gasteiger partial charge in [0.1, 0.15) is 11.8 Å². The molecule has 1 aromatic rings. The second kappa shape index (κ2) is 3.21. The number of pyridine rings is 1. The van der Waals surface area contributed by atoms with Crippen LogP contribution in [-0.4, -0.2) is 4.98 Å². The van der Waals surface area contributed by atoms with Crippen LogP contribution in [0.1, 0.15) is 5.69 Å². The second-order valence-corrected chi connectivity index (χ2v) is 2.64. The maximum absolute atomic E-state index is 10.1. The molecule has 54 valence electrons. The normalized spacial score (nSPS) is 8.73. The minimum absolute atomic E-state index is 0.0446. The van der Waals surface area contributed by atoms with Crippen molar-refractivity contribution in [1.29, 1.82) is 5.26 Å². The molecule has 0 bridgehead atoms. The Labute approximate surface area is 71.0 Å². The number of hydrogen-bond donors (Lipinski definition) is 0. The van der Waals surface area contributed by atoms with Crippen LogP contribution in [0.3, 0.4) is 0 Å². The standard InChI is InChI=1S/C6H2BrN3O/c7-4-1-5(10-11)6(2-8)9-3-4/h1,3H. The molecule has 0 saturated heterocycles. The molecule has 0 atom stereocenters. The Morgan fingerprint density at radius 2 is 2.45 bits per heavy atom. The molecule has 0 radical (unpaired) electrons. The summed E-state index contributed by atoms with van der Waals surface area (Å²) in [5.41, 5.74) is 0.102. The van der Waals surface area contributed by atoms with Gasteiger partial charge in [-0.1, -0.05) is 0 Å². The van der Waals surface area contributed by atoms with Crippen LogP contribution >= 0.6 is 15.9 Å². The molecule has 0 aliphatic carbocycles. The molecule has 11 heavy (non-hydrogen) atoms. The molecule has 1 aromatic heterocycles. The summed E-state index contributed by atoms with van der Waals surface area (Å²) in [6, 6.07) is 3.19. The van der Waals surface area contributed by atoms with Gasteiger partial charge in [0.2, 0.25) is 0 Å². The van der Waals surface area contributed by atoms with Gasteiger partial charge in [0.25, 0.3) is 0 Å². The first-order valence-corrected chi connectivity index (χ1v) is 3.46. The fourth-order valence-corrected chi connectivity index (χ4v) is 0.904. The highest BCUT2D eigenvalue weighted by molar-refractivity contribution is 9.10. The number of nitroso groups, excluding NO2 is 1. The van der Waals surface area contributed by atoms with Gasteiger partial charge in [-0.05, 0) is 27.2 Å². The highest BCUT2D eigenvalue weighted by Gasteiger charge is 2.02. The summed E-state index contributed by atoms with van der Waals surface area (Å²) in [6.07, 6.45) is 1.44. The van der Waals surface area contributed by atoms with Crippen molar-refractivity contribution in [2.75, 3.05) is 0 Å². The zero-order chi connectivity index (χ0) is 8.27. The summed E-state index contributed by atoms with van der Waals surface area (Å²) >= 11 is 3.10. The van der Waals surface area contributed by atoms with Crippen molar-refractivity contribution >= 4 is 21.6 Å². The molecule has 0 fully saturated rings. The third-order valence-corrected chi connectivity index (χ3v) is 1.47. The van der Waals surface area contributed by atoms with Gasteiger partial charge < -0.3 is 0 Å². The van der Waals surface area contributed by atoms with E-state index in [9.17, 15) is 4.91 Å². The molecule has 0 unspecified atom stereocenters. The predicted molar refractivity (Wildman–Crippen MR) is 42.1 cm³/mol. The van der Waals surface area contributed by atoms with E-state index in [1.165, 1.54) is 12.3 Å². The van der Waals surface area contributed by atoms with Gasteiger partial charge >= 0.3 is 0 Å². The third-order valence-electron chi connectivity index (χ3n) is 1.04. The van der Waals surface area contributed by atoms with Gasteiger partial charge in [-0.3, -0.25) is 0 Å². The summed E-state index contributed by atoms with van der Waals surface area (Å²) in [7, 11) is 0. The third kappa shape index (κ3) is 1.59. The summed E-state index contributed by atoms with van der Waals surface area (Å²) in [5.74, 6) is 0. The Balaban J connectivity index is 3.30. The van der Waals surface area contributed by atoms with E-state index in [1.54, 1.807) is 6.07 Å². The van der Waals surface area contributed by atoms with Gasteiger partial charge in [0.15, 0.2) is 5.69 Å². The minimum atomic E-state index is 0.0446. The highest BCUT2D eigenvalue weighted by Crippen LogP contribution is 2.20. The highest BCUT2D eigenvalue weighted by atomic mass is 79.9. The number of aromatic nitrogens is 1. The lowest BCUT2D eigenvalue weighted by Crippen LogP contribution is -1.81. The van der Waals surface area contributed by atoms with Crippen LogP contribution in [0.15, 0.2) is 21.9 Å². The summed E-state index contributed by atoms with van der Waals surface area (Å²) in [4.78, 5) is 13.7. The largest absolute Gasteiger partial charge is 0.242 e. The number of rotatable bonds is 1. The Morgan fingerprint density at radius 1 is 1.73 bits per heavy atom. The fourth-order valence-electron chi connectivity index (χ4n) is 0.584. The van der Waals surface area contributed by atoms with Crippen LogP contribution in [0.4, 0.5) is 5.69 Å². The second-order valence-electron chi connectivity index (χ2n) is 1.72. The van der Waals surface area contributed by atoms with E-state index in [0.717, 1.165) is 0 Å². The first-order chi connectivity index (χ1) is 5.27. The van der Waals surface area contributed by atoms with Gasteiger partial charge in [-0.15, -0.1) is 4.91 Å². The van der Waals surface area contributed by atoms with Crippen molar-refractivity contribution in [1.82, 2.24) is 4.98 Å². The molecule has 1 rings (SSSR count). The molecule has 0 aliphatic rings. The van der Waals surface area contributed by atoms with E-state index in [2.05, 4.69) is 26.1 Å². The van der Waals surface area contributed by atoms with Crippen LogP contribution < -0.4 is 0 Å². The lowest BCUT2D eigenvalue weighted by Gasteiger charge is -1.91. The van der Waals surface area contributed by atoms with E-state index >= 15 is 0 Å².